The molecule has 2 aromatic heterocycles. The molecule has 0 unspecified atom stereocenters. The quantitative estimate of drug-likeness (QED) is 0.865. The smallest absolute Gasteiger partial charge is 0.255 e. The number of hydrogen-bond donors (Lipinski definition) is 0. The van der Waals surface area contributed by atoms with Gasteiger partial charge in [-0.2, -0.15) is 4.98 Å². The molecule has 0 aliphatic carbocycles. The lowest BCUT2D eigenvalue weighted by atomic mass is 10.0. The zero-order valence-electron chi connectivity index (χ0n) is 12.3. The second kappa shape index (κ2) is 5.48. The minimum atomic E-state index is -0.120. The Labute approximate surface area is 132 Å². The molecular weight excluding hydrogens is 302 g/mol. The molecule has 2 saturated heterocycles. The second-order valence-electron chi connectivity index (χ2n) is 5.89. The molecule has 4 heterocycles. The molecule has 2 aliphatic heterocycles. The molecule has 0 radical (unpaired) electrons. The van der Waals surface area contributed by atoms with Gasteiger partial charge < -0.3 is 14.2 Å². The summed E-state index contributed by atoms with van der Waals surface area (Å²) in [5.41, 5.74) is 0. The van der Waals surface area contributed by atoms with Gasteiger partial charge >= 0.3 is 0 Å². The summed E-state index contributed by atoms with van der Waals surface area (Å²) in [7, 11) is 0. The maximum atomic E-state index is 12.3. The van der Waals surface area contributed by atoms with Crippen LogP contribution in [0.25, 0.3) is 0 Å². The standard InChI is InChI=1S/C15H17N3O3S/c1-9-16-15(21-17-9)12-5-10-7-18(8-13(10)20-12)14(19)6-11-3-2-4-22-11/h2-4,10,12-13H,5-8H2,1H3/t10-,12-,13+/m0/s1. The van der Waals surface area contributed by atoms with E-state index in [1.165, 1.54) is 0 Å². The van der Waals surface area contributed by atoms with Crippen LogP contribution >= 0.6 is 11.3 Å². The van der Waals surface area contributed by atoms with Gasteiger partial charge in [0.2, 0.25) is 5.91 Å². The molecule has 116 valence electrons. The number of rotatable bonds is 3. The van der Waals surface area contributed by atoms with E-state index >= 15 is 0 Å². The van der Waals surface area contributed by atoms with Crippen molar-refractivity contribution in [2.24, 2.45) is 5.92 Å². The van der Waals surface area contributed by atoms with Gasteiger partial charge in [-0.3, -0.25) is 4.79 Å². The fourth-order valence-electron chi connectivity index (χ4n) is 3.24. The number of nitrogens with zero attached hydrogens (tertiary/aromatic N) is 3. The third-order valence-electron chi connectivity index (χ3n) is 4.31. The first-order chi connectivity index (χ1) is 10.7. The minimum absolute atomic E-state index is 0.0875. The molecule has 1 amide bonds. The van der Waals surface area contributed by atoms with Crippen LogP contribution in [0.15, 0.2) is 22.0 Å². The molecule has 0 spiro atoms. The molecule has 4 rings (SSSR count). The van der Waals surface area contributed by atoms with Crippen molar-refractivity contribution in [1.29, 1.82) is 0 Å². The molecule has 7 heteroatoms. The third kappa shape index (κ3) is 2.55. The highest BCUT2D eigenvalue weighted by Gasteiger charge is 2.45. The van der Waals surface area contributed by atoms with Crippen molar-refractivity contribution in [1.82, 2.24) is 15.0 Å². The number of carbonyl (C=O) groups excluding carboxylic acids is 1. The molecule has 0 bridgehead atoms. The molecule has 2 fully saturated rings. The van der Waals surface area contributed by atoms with E-state index < -0.39 is 0 Å². The van der Waals surface area contributed by atoms with Crippen LogP contribution in [-0.4, -0.2) is 40.1 Å². The Morgan fingerprint density at radius 2 is 2.41 bits per heavy atom. The fourth-order valence-corrected chi connectivity index (χ4v) is 3.94. The summed E-state index contributed by atoms with van der Waals surface area (Å²) >= 11 is 1.63. The summed E-state index contributed by atoms with van der Waals surface area (Å²) in [5.74, 6) is 1.74. The largest absolute Gasteiger partial charge is 0.363 e. The van der Waals surface area contributed by atoms with E-state index in [1.807, 2.05) is 22.4 Å². The summed E-state index contributed by atoms with van der Waals surface area (Å²) in [6.07, 6.45) is 1.30. The molecule has 6 nitrogen and oxygen atoms in total. The van der Waals surface area contributed by atoms with Crippen LogP contribution in [0.1, 0.15) is 29.1 Å². The number of ether oxygens (including phenoxy) is 1. The highest BCUT2D eigenvalue weighted by molar-refractivity contribution is 7.10. The number of fused-ring (bicyclic) bond motifs is 1. The average molecular weight is 319 g/mol. The zero-order chi connectivity index (χ0) is 15.1. The highest BCUT2D eigenvalue weighted by Crippen LogP contribution is 2.40. The summed E-state index contributed by atoms with van der Waals surface area (Å²) in [6.45, 7) is 3.23. The van der Waals surface area contributed by atoms with E-state index in [9.17, 15) is 4.79 Å². The Kier molecular flexibility index (Phi) is 3.46. The van der Waals surface area contributed by atoms with Gasteiger partial charge in [0, 0.05) is 23.9 Å². The van der Waals surface area contributed by atoms with Crippen LogP contribution in [0, 0.1) is 12.8 Å². The van der Waals surface area contributed by atoms with Gasteiger partial charge in [0.25, 0.3) is 5.89 Å². The summed E-state index contributed by atoms with van der Waals surface area (Å²) in [5, 5.41) is 5.81. The number of hydrogen-bond acceptors (Lipinski definition) is 6. The van der Waals surface area contributed by atoms with Crippen molar-refractivity contribution in [3.8, 4) is 0 Å². The third-order valence-corrected chi connectivity index (χ3v) is 5.19. The van der Waals surface area contributed by atoms with Crippen molar-refractivity contribution in [2.75, 3.05) is 13.1 Å². The van der Waals surface area contributed by atoms with Gasteiger partial charge in [-0.05, 0) is 24.8 Å². The van der Waals surface area contributed by atoms with E-state index in [0.717, 1.165) is 17.8 Å². The monoisotopic (exact) mass is 319 g/mol. The molecule has 3 atom stereocenters. The van der Waals surface area contributed by atoms with E-state index in [4.69, 9.17) is 9.26 Å². The van der Waals surface area contributed by atoms with Crippen LogP contribution in [0.3, 0.4) is 0 Å². The average Bonchev–Trinajstić information content (AvgIpc) is 3.19. The van der Waals surface area contributed by atoms with Gasteiger partial charge in [-0.1, -0.05) is 11.2 Å². The first kappa shape index (κ1) is 13.9. The van der Waals surface area contributed by atoms with Crippen LogP contribution in [-0.2, 0) is 16.0 Å². The zero-order valence-corrected chi connectivity index (χ0v) is 13.1. The molecule has 2 aromatic rings. The second-order valence-corrected chi connectivity index (χ2v) is 6.93. The molecule has 2 aliphatic rings. The Hall–Kier alpha value is -1.73. The number of amides is 1. The first-order valence-electron chi connectivity index (χ1n) is 7.45. The lowest BCUT2D eigenvalue weighted by Gasteiger charge is -2.18. The number of likely N-dealkylation sites (tertiary alicyclic amines) is 1. The lowest BCUT2D eigenvalue weighted by Crippen LogP contribution is -2.31. The van der Waals surface area contributed by atoms with Gasteiger partial charge in [0.05, 0.1) is 12.5 Å². The van der Waals surface area contributed by atoms with Crippen LogP contribution in [0.2, 0.25) is 0 Å². The number of carbonyl (C=O) groups is 1. The van der Waals surface area contributed by atoms with Crippen LogP contribution in [0.5, 0.6) is 0 Å². The predicted octanol–water partition coefficient (Wildman–Crippen LogP) is 1.97. The minimum Gasteiger partial charge on any atom is -0.363 e. The summed E-state index contributed by atoms with van der Waals surface area (Å²) in [6, 6.07) is 3.98. The number of thiophene rings is 1. The van der Waals surface area contributed by atoms with Crippen molar-refractivity contribution in [3.63, 3.8) is 0 Å². The molecule has 0 aromatic carbocycles. The Morgan fingerprint density at radius 3 is 3.09 bits per heavy atom. The fraction of sp³-hybridized carbons (Fsp3) is 0.533. The maximum Gasteiger partial charge on any atom is 0.255 e. The van der Waals surface area contributed by atoms with Gasteiger partial charge in [-0.25, -0.2) is 0 Å². The van der Waals surface area contributed by atoms with Gasteiger partial charge in [-0.15, -0.1) is 11.3 Å². The van der Waals surface area contributed by atoms with E-state index in [-0.39, 0.29) is 18.1 Å². The summed E-state index contributed by atoms with van der Waals surface area (Å²) in [4.78, 5) is 19.6. The highest BCUT2D eigenvalue weighted by atomic mass is 32.1. The SMILES string of the molecule is Cc1noc([C@@H]2C[C@H]3CN(C(=O)Cc4cccs4)C[C@H]3O2)n1. The van der Waals surface area contributed by atoms with Crippen molar-refractivity contribution in [2.45, 2.75) is 32.0 Å². The van der Waals surface area contributed by atoms with Crippen LogP contribution in [0.4, 0.5) is 0 Å². The lowest BCUT2D eigenvalue weighted by molar-refractivity contribution is -0.130. The van der Waals surface area contributed by atoms with Gasteiger partial charge in [0.1, 0.15) is 6.10 Å². The van der Waals surface area contributed by atoms with Crippen LogP contribution < -0.4 is 0 Å². The molecule has 22 heavy (non-hydrogen) atoms. The Bertz CT molecular complexity index is 655. The summed E-state index contributed by atoms with van der Waals surface area (Å²) < 4.78 is 11.2. The van der Waals surface area contributed by atoms with Gasteiger partial charge in [0.15, 0.2) is 5.82 Å². The molecule has 0 saturated carbocycles. The van der Waals surface area contributed by atoms with E-state index in [0.29, 0.717) is 30.6 Å². The molecule has 0 N–H and O–H groups in total. The van der Waals surface area contributed by atoms with Crippen molar-refractivity contribution in [3.05, 3.63) is 34.1 Å². The van der Waals surface area contributed by atoms with Crippen molar-refractivity contribution >= 4 is 17.2 Å². The maximum absolute atomic E-state index is 12.3. The predicted molar refractivity (Wildman–Crippen MR) is 79.4 cm³/mol. The van der Waals surface area contributed by atoms with Crippen molar-refractivity contribution < 1.29 is 14.1 Å². The topological polar surface area (TPSA) is 68.5 Å². The van der Waals surface area contributed by atoms with E-state index in [1.54, 1.807) is 18.3 Å². The Balaban J connectivity index is 1.36. The first-order valence-corrected chi connectivity index (χ1v) is 8.33. The normalized spacial score (nSPS) is 27.3. The molecular formula is C15H17N3O3S. The van der Waals surface area contributed by atoms with E-state index in [2.05, 4.69) is 10.1 Å². The number of aromatic nitrogens is 2. The number of aryl methyl sites for hydroxylation is 1. The Morgan fingerprint density at radius 1 is 1.50 bits per heavy atom.